The molecule has 1 aromatic carbocycles. The molecule has 21 heavy (non-hydrogen) atoms. The molecule has 3 nitrogen and oxygen atoms in total. The Bertz CT molecular complexity index is 456. The Hall–Kier alpha value is -0.480. The average Bonchev–Trinajstić information content (AvgIpc) is 2.47. The van der Waals surface area contributed by atoms with Crippen molar-refractivity contribution in [2.24, 2.45) is 5.92 Å². The second-order valence-electron chi connectivity index (χ2n) is 5.82. The fraction of sp³-hybridized carbons (Fsp3) is 0.625. The molecule has 0 radical (unpaired) electrons. The van der Waals surface area contributed by atoms with Crippen LogP contribution >= 0.6 is 23.2 Å². The second kappa shape index (κ2) is 8.23. The molecule has 0 spiro atoms. The lowest BCUT2D eigenvalue weighted by Gasteiger charge is -2.30. The van der Waals surface area contributed by atoms with E-state index in [9.17, 15) is 5.11 Å². The standard InChI is InChI=1S/C16H23Cl2NO2/c1-11-4-2-3-5-15(11)19-9-13(20)10-21-16-8-12(17)6-7-14(16)18/h6-8,11,13,15,19-20H,2-5,9-10H2,1H3. The highest BCUT2D eigenvalue weighted by Gasteiger charge is 2.21. The van der Waals surface area contributed by atoms with E-state index in [4.69, 9.17) is 27.9 Å². The molecule has 0 bridgehead atoms. The van der Waals surface area contributed by atoms with Gasteiger partial charge >= 0.3 is 0 Å². The predicted octanol–water partition coefficient (Wildman–Crippen LogP) is 3.90. The predicted molar refractivity (Wildman–Crippen MR) is 87.4 cm³/mol. The van der Waals surface area contributed by atoms with Crippen LogP contribution in [0.25, 0.3) is 0 Å². The van der Waals surface area contributed by atoms with Crippen molar-refractivity contribution in [1.82, 2.24) is 5.32 Å². The summed E-state index contributed by atoms with van der Waals surface area (Å²) in [5.74, 6) is 1.18. The third-order valence-electron chi connectivity index (χ3n) is 4.05. The number of aliphatic hydroxyl groups is 1. The van der Waals surface area contributed by atoms with E-state index in [2.05, 4.69) is 12.2 Å². The Morgan fingerprint density at radius 3 is 2.86 bits per heavy atom. The van der Waals surface area contributed by atoms with Crippen molar-refractivity contribution >= 4 is 23.2 Å². The number of hydrogen-bond acceptors (Lipinski definition) is 3. The van der Waals surface area contributed by atoms with Crippen molar-refractivity contribution in [3.8, 4) is 5.75 Å². The van der Waals surface area contributed by atoms with Gasteiger partial charge in [-0.2, -0.15) is 0 Å². The lowest BCUT2D eigenvalue weighted by Crippen LogP contribution is -2.42. The molecule has 0 amide bonds. The normalized spacial score (nSPS) is 23.8. The summed E-state index contributed by atoms with van der Waals surface area (Å²) in [7, 11) is 0. The Morgan fingerprint density at radius 1 is 1.33 bits per heavy atom. The van der Waals surface area contributed by atoms with E-state index in [-0.39, 0.29) is 6.61 Å². The molecule has 0 aromatic heterocycles. The van der Waals surface area contributed by atoms with Crippen LogP contribution < -0.4 is 10.1 Å². The number of hydrogen-bond donors (Lipinski definition) is 2. The highest BCUT2D eigenvalue weighted by Crippen LogP contribution is 2.28. The minimum Gasteiger partial charge on any atom is -0.489 e. The van der Waals surface area contributed by atoms with E-state index < -0.39 is 6.10 Å². The summed E-state index contributed by atoms with van der Waals surface area (Å²) in [6, 6.07) is 5.56. The van der Waals surface area contributed by atoms with Crippen molar-refractivity contribution in [3.05, 3.63) is 28.2 Å². The zero-order chi connectivity index (χ0) is 15.2. The maximum Gasteiger partial charge on any atom is 0.139 e. The van der Waals surface area contributed by atoms with E-state index in [1.165, 1.54) is 25.7 Å². The summed E-state index contributed by atoms with van der Waals surface area (Å²) < 4.78 is 5.54. The molecule has 1 aliphatic carbocycles. The number of nitrogens with one attached hydrogen (secondary N) is 1. The van der Waals surface area contributed by atoms with Gasteiger partial charge in [-0.25, -0.2) is 0 Å². The maximum atomic E-state index is 10.0. The maximum absolute atomic E-state index is 10.0. The van der Waals surface area contributed by atoms with Crippen LogP contribution in [0.4, 0.5) is 0 Å². The molecule has 1 fully saturated rings. The topological polar surface area (TPSA) is 41.5 Å². The van der Waals surface area contributed by atoms with Gasteiger partial charge in [0, 0.05) is 23.7 Å². The van der Waals surface area contributed by atoms with E-state index in [1.807, 2.05) is 0 Å². The Balaban J connectivity index is 1.74. The number of rotatable bonds is 6. The van der Waals surface area contributed by atoms with Crippen molar-refractivity contribution in [2.45, 2.75) is 44.8 Å². The summed E-state index contributed by atoms with van der Waals surface area (Å²) in [6.07, 6.45) is 4.48. The van der Waals surface area contributed by atoms with Crippen LogP contribution in [0.3, 0.4) is 0 Å². The Morgan fingerprint density at radius 2 is 2.10 bits per heavy atom. The van der Waals surface area contributed by atoms with Gasteiger partial charge < -0.3 is 15.2 Å². The summed E-state index contributed by atoms with van der Waals surface area (Å²) in [5, 5.41) is 14.5. The Kier molecular flexibility index (Phi) is 6.62. The lowest BCUT2D eigenvalue weighted by molar-refractivity contribution is 0.0985. The van der Waals surface area contributed by atoms with Crippen LogP contribution in [0.2, 0.25) is 10.0 Å². The molecule has 0 heterocycles. The molecular formula is C16H23Cl2NO2. The lowest BCUT2D eigenvalue weighted by atomic mass is 9.86. The van der Waals surface area contributed by atoms with Crippen LogP contribution in [-0.2, 0) is 0 Å². The van der Waals surface area contributed by atoms with Gasteiger partial charge in [0.05, 0.1) is 5.02 Å². The van der Waals surface area contributed by atoms with Gasteiger partial charge in [0.15, 0.2) is 0 Å². The minimum absolute atomic E-state index is 0.203. The molecule has 118 valence electrons. The van der Waals surface area contributed by atoms with Gasteiger partial charge in [-0.05, 0) is 30.9 Å². The zero-order valence-electron chi connectivity index (χ0n) is 12.3. The molecule has 2 N–H and O–H groups in total. The molecule has 3 atom stereocenters. The van der Waals surface area contributed by atoms with Crippen molar-refractivity contribution < 1.29 is 9.84 Å². The quantitative estimate of drug-likeness (QED) is 0.830. The van der Waals surface area contributed by atoms with E-state index in [1.54, 1.807) is 18.2 Å². The molecule has 0 aliphatic heterocycles. The summed E-state index contributed by atoms with van der Waals surface area (Å²) >= 11 is 11.9. The molecule has 5 heteroatoms. The number of benzene rings is 1. The third-order valence-corrected chi connectivity index (χ3v) is 4.60. The van der Waals surface area contributed by atoms with Gasteiger partial charge in [0.2, 0.25) is 0 Å². The van der Waals surface area contributed by atoms with Crippen molar-refractivity contribution in [1.29, 1.82) is 0 Å². The number of aliphatic hydroxyl groups excluding tert-OH is 1. The average molecular weight is 332 g/mol. The first-order valence-corrected chi connectivity index (χ1v) is 8.31. The molecule has 1 saturated carbocycles. The van der Waals surface area contributed by atoms with Gasteiger partial charge in [-0.1, -0.05) is 43.0 Å². The van der Waals surface area contributed by atoms with Gasteiger partial charge in [-0.15, -0.1) is 0 Å². The third kappa shape index (κ3) is 5.33. The first-order valence-electron chi connectivity index (χ1n) is 7.55. The van der Waals surface area contributed by atoms with Gasteiger partial charge in [0.25, 0.3) is 0 Å². The van der Waals surface area contributed by atoms with Crippen LogP contribution in [0.15, 0.2) is 18.2 Å². The van der Waals surface area contributed by atoms with Gasteiger partial charge in [-0.3, -0.25) is 0 Å². The molecule has 1 aromatic rings. The Labute approximate surface area is 136 Å². The molecule has 0 saturated heterocycles. The van der Waals surface area contributed by atoms with E-state index in [0.717, 1.165) is 0 Å². The van der Waals surface area contributed by atoms with Crippen LogP contribution in [-0.4, -0.2) is 30.4 Å². The summed E-state index contributed by atoms with van der Waals surface area (Å²) in [4.78, 5) is 0. The number of ether oxygens (including phenoxy) is 1. The van der Waals surface area contributed by atoms with Crippen molar-refractivity contribution in [3.63, 3.8) is 0 Å². The SMILES string of the molecule is CC1CCCCC1NCC(O)COc1cc(Cl)ccc1Cl. The first kappa shape index (κ1) is 16.9. The highest BCUT2D eigenvalue weighted by molar-refractivity contribution is 6.34. The van der Waals surface area contributed by atoms with Gasteiger partial charge in [0.1, 0.15) is 18.5 Å². The minimum atomic E-state index is -0.561. The van der Waals surface area contributed by atoms with E-state index >= 15 is 0 Å². The van der Waals surface area contributed by atoms with Crippen LogP contribution in [0.1, 0.15) is 32.6 Å². The molecular weight excluding hydrogens is 309 g/mol. The monoisotopic (exact) mass is 331 g/mol. The summed E-state index contributed by atoms with van der Waals surface area (Å²) in [6.45, 7) is 3.01. The fourth-order valence-electron chi connectivity index (χ4n) is 2.74. The highest BCUT2D eigenvalue weighted by atomic mass is 35.5. The molecule has 1 aliphatic rings. The second-order valence-corrected chi connectivity index (χ2v) is 6.66. The molecule has 2 rings (SSSR count). The van der Waals surface area contributed by atoms with E-state index in [0.29, 0.717) is 34.3 Å². The number of halogens is 2. The zero-order valence-corrected chi connectivity index (χ0v) is 13.8. The summed E-state index contributed by atoms with van der Waals surface area (Å²) in [5.41, 5.74) is 0. The van der Waals surface area contributed by atoms with Crippen molar-refractivity contribution in [2.75, 3.05) is 13.2 Å². The smallest absolute Gasteiger partial charge is 0.139 e. The first-order chi connectivity index (χ1) is 10.1. The largest absolute Gasteiger partial charge is 0.489 e. The van der Waals surface area contributed by atoms with Crippen LogP contribution in [0, 0.1) is 5.92 Å². The van der Waals surface area contributed by atoms with Crippen LogP contribution in [0.5, 0.6) is 5.75 Å². The molecule has 3 unspecified atom stereocenters. The fourth-order valence-corrected chi connectivity index (χ4v) is 3.07.